The maximum absolute atomic E-state index is 12.9. The minimum atomic E-state index is -4.35. The van der Waals surface area contributed by atoms with Gasteiger partial charge in [0.1, 0.15) is 13.2 Å². The number of unbranched alkanes of at least 4 members (excludes halogenated alkanes) is 23. The van der Waals surface area contributed by atoms with Crippen LogP contribution in [0.1, 0.15) is 206 Å². The van der Waals surface area contributed by atoms with Gasteiger partial charge in [0, 0.05) is 6.42 Å². The molecule has 0 aliphatic carbocycles. The van der Waals surface area contributed by atoms with Gasteiger partial charge in [0.15, 0.2) is 0 Å². The Morgan fingerprint density at radius 3 is 1.48 bits per heavy atom. The number of carbonyl (C=O) groups excluding carboxylic acids is 1. The summed E-state index contributed by atoms with van der Waals surface area (Å²) in [6.07, 6.45) is 56.1. The van der Waals surface area contributed by atoms with Gasteiger partial charge in [-0.15, -0.1) is 0 Å². The van der Waals surface area contributed by atoms with E-state index in [-0.39, 0.29) is 19.1 Å². The summed E-state index contributed by atoms with van der Waals surface area (Å²) in [5.74, 6) is -0.197. The second-order valence-electron chi connectivity index (χ2n) is 17.8. The maximum atomic E-state index is 12.9. The normalized spacial score (nSPS) is 14.7. The van der Waals surface area contributed by atoms with Crippen molar-refractivity contribution in [3.05, 3.63) is 60.8 Å². The number of hydrogen-bond donors (Lipinski definition) is 3. The molecule has 3 N–H and O–H groups in total. The number of quaternary nitrogens is 1. The zero-order chi connectivity index (χ0) is 44.3. The zero-order valence-electron chi connectivity index (χ0n) is 39.7. The summed E-state index contributed by atoms with van der Waals surface area (Å²) >= 11 is 0. The number of hydrogen-bond acceptors (Lipinski definition) is 5. The van der Waals surface area contributed by atoms with Gasteiger partial charge in [-0.05, 0) is 70.6 Å². The van der Waals surface area contributed by atoms with Crippen LogP contribution < -0.4 is 5.32 Å². The van der Waals surface area contributed by atoms with Gasteiger partial charge in [-0.2, -0.15) is 0 Å². The lowest BCUT2D eigenvalue weighted by Crippen LogP contribution is -2.45. The number of phosphoric ester groups is 1. The molecule has 0 aromatic rings. The average Bonchev–Trinajstić information content (AvgIpc) is 3.20. The molecule has 3 unspecified atom stereocenters. The summed E-state index contributed by atoms with van der Waals surface area (Å²) in [7, 11) is 1.54. The molecule has 0 aromatic heterocycles. The van der Waals surface area contributed by atoms with Gasteiger partial charge in [-0.25, -0.2) is 4.57 Å². The van der Waals surface area contributed by atoms with E-state index < -0.39 is 20.0 Å². The van der Waals surface area contributed by atoms with Crippen molar-refractivity contribution in [3.63, 3.8) is 0 Å². The number of aliphatic hydroxyl groups excluding tert-OH is 1. The highest BCUT2D eigenvalue weighted by atomic mass is 31.2. The van der Waals surface area contributed by atoms with Crippen LogP contribution in [-0.2, 0) is 18.4 Å². The maximum Gasteiger partial charge on any atom is 0.472 e. The number of amides is 1. The molecule has 60 heavy (non-hydrogen) atoms. The predicted molar refractivity (Wildman–Crippen MR) is 258 cm³/mol. The molecule has 0 heterocycles. The molecule has 350 valence electrons. The lowest BCUT2D eigenvalue weighted by Gasteiger charge is -2.25. The highest BCUT2D eigenvalue weighted by molar-refractivity contribution is 7.47. The Balaban J connectivity index is 4.19. The molecule has 0 radical (unpaired) electrons. The van der Waals surface area contributed by atoms with Crippen LogP contribution in [-0.4, -0.2) is 73.4 Å². The topological polar surface area (TPSA) is 105 Å². The summed E-state index contributed by atoms with van der Waals surface area (Å²) in [6, 6.07) is -0.871. The monoisotopic (exact) mass is 864 g/mol. The van der Waals surface area contributed by atoms with Crippen molar-refractivity contribution in [3.8, 4) is 0 Å². The molecule has 1 amide bonds. The van der Waals surface area contributed by atoms with Crippen LogP contribution in [0.2, 0.25) is 0 Å². The van der Waals surface area contributed by atoms with Gasteiger partial charge >= 0.3 is 7.82 Å². The second-order valence-corrected chi connectivity index (χ2v) is 19.3. The van der Waals surface area contributed by atoms with Crippen molar-refractivity contribution in [2.75, 3.05) is 40.9 Å². The van der Waals surface area contributed by atoms with Gasteiger partial charge in [0.05, 0.1) is 39.9 Å². The SMILES string of the molecule is CCC/C=C/CC/C=C/CC/C=C/C(O)C(COP(=O)(O)OCC[N+](C)(C)C)NC(=O)CCCCCCCCCCCCC/C=C\C/C=C\CCCCCCCCCCC. The summed E-state index contributed by atoms with van der Waals surface area (Å²) in [4.78, 5) is 23.1. The fraction of sp³-hybridized carbons (Fsp3) is 0.784. The van der Waals surface area contributed by atoms with Crippen molar-refractivity contribution in [1.29, 1.82) is 0 Å². The first-order chi connectivity index (χ1) is 29.0. The Morgan fingerprint density at radius 1 is 0.567 bits per heavy atom. The largest absolute Gasteiger partial charge is 0.472 e. The minimum absolute atomic E-state index is 0.0510. The van der Waals surface area contributed by atoms with Crippen LogP contribution in [0.15, 0.2) is 60.8 Å². The van der Waals surface area contributed by atoms with Crippen molar-refractivity contribution < 1.29 is 32.9 Å². The predicted octanol–water partition coefficient (Wildman–Crippen LogP) is 14.2. The molecule has 0 bridgehead atoms. The molecule has 9 heteroatoms. The number of nitrogens with zero attached hydrogens (tertiary/aromatic N) is 1. The van der Waals surface area contributed by atoms with E-state index >= 15 is 0 Å². The van der Waals surface area contributed by atoms with E-state index in [9.17, 15) is 19.4 Å². The third-order valence-corrected chi connectivity index (χ3v) is 11.7. The molecule has 0 saturated heterocycles. The third-order valence-electron chi connectivity index (χ3n) is 10.7. The third kappa shape index (κ3) is 44.3. The van der Waals surface area contributed by atoms with E-state index in [2.05, 4.69) is 67.8 Å². The van der Waals surface area contributed by atoms with Crippen LogP contribution in [0, 0.1) is 0 Å². The Bertz CT molecular complexity index is 1160. The first kappa shape index (κ1) is 58.2. The molecule has 0 saturated carbocycles. The molecule has 3 atom stereocenters. The summed E-state index contributed by atoms with van der Waals surface area (Å²) in [6.45, 7) is 4.70. The van der Waals surface area contributed by atoms with Gasteiger partial charge < -0.3 is 19.8 Å². The van der Waals surface area contributed by atoms with Gasteiger partial charge in [-0.3, -0.25) is 13.8 Å². The molecule has 0 spiro atoms. The first-order valence-corrected chi connectivity index (χ1v) is 26.2. The second kappa shape index (κ2) is 42.5. The quantitative estimate of drug-likeness (QED) is 0.0244. The van der Waals surface area contributed by atoms with E-state index in [1.807, 2.05) is 27.2 Å². The van der Waals surface area contributed by atoms with Gasteiger partial charge in [-0.1, -0.05) is 190 Å². The number of aliphatic hydroxyl groups is 1. The van der Waals surface area contributed by atoms with Crippen LogP contribution in [0.25, 0.3) is 0 Å². The highest BCUT2D eigenvalue weighted by Gasteiger charge is 2.27. The molecular weight excluding hydrogens is 768 g/mol. The van der Waals surface area contributed by atoms with E-state index in [0.717, 1.165) is 57.8 Å². The van der Waals surface area contributed by atoms with Crippen molar-refractivity contribution in [1.82, 2.24) is 5.32 Å². The van der Waals surface area contributed by atoms with Crippen molar-refractivity contribution in [2.45, 2.75) is 219 Å². The Kier molecular flexibility index (Phi) is 41.2. The lowest BCUT2D eigenvalue weighted by atomic mass is 10.0. The smallest absolute Gasteiger partial charge is 0.387 e. The van der Waals surface area contributed by atoms with Crippen LogP contribution in [0.5, 0.6) is 0 Å². The van der Waals surface area contributed by atoms with E-state index in [1.165, 1.54) is 128 Å². The molecule has 0 aromatic carbocycles. The fourth-order valence-electron chi connectivity index (χ4n) is 6.76. The fourth-order valence-corrected chi connectivity index (χ4v) is 7.49. The first-order valence-electron chi connectivity index (χ1n) is 24.7. The summed E-state index contributed by atoms with van der Waals surface area (Å²) in [5.41, 5.74) is 0. The zero-order valence-corrected chi connectivity index (χ0v) is 40.6. The average molecular weight is 864 g/mol. The van der Waals surface area contributed by atoms with Crippen LogP contribution >= 0.6 is 7.82 Å². The van der Waals surface area contributed by atoms with E-state index in [4.69, 9.17) is 9.05 Å². The number of nitrogens with one attached hydrogen (secondary N) is 1. The lowest BCUT2D eigenvalue weighted by molar-refractivity contribution is -0.870. The molecular formula is C51H96N2O6P+. The Hall–Kier alpha value is -1.80. The van der Waals surface area contributed by atoms with Crippen molar-refractivity contribution in [2.24, 2.45) is 0 Å². The standard InChI is InChI=1S/C51H95N2O6P/c1-6-8-10-12-14-16-18-19-20-21-22-23-24-25-26-27-28-29-30-31-32-33-35-37-39-41-43-45-51(55)52-49(48-59-60(56,57)58-47-46-53(3,4)5)50(54)44-42-40-38-36-34-17-15-13-11-9-7-2/h11,13,22-23,25-26,34,36,42,44,49-50,54H,6-10,12,14-21,24,27-33,35,37-41,43,45-48H2,1-5H3,(H-,52,55,56,57)/p+1/b13-11+,23-22-,26-25-,36-34+,44-42+. The van der Waals surface area contributed by atoms with Gasteiger partial charge in [0.2, 0.25) is 5.91 Å². The number of allylic oxidation sites excluding steroid dienone is 9. The Morgan fingerprint density at radius 2 is 1.00 bits per heavy atom. The van der Waals surface area contributed by atoms with Crippen LogP contribution in [0.4, 0.5) is 0 Å². The highest BCUT2D eigenvalue weighted by Crippen LogP contribution is 2.43. The number of rotatable bonds is 44. The van der Waals surface area contributed by atoms with E-state index in [1.54, 1.807) is 6.08 Å². The molecule has 0 aliphatic heterocycles. The molecule has 8 nitrogen and oxygen atoms in total. The summed E-state index contributed by atoms with van der Waals surface area (Å²) < 4.78 is 23.5. The number of phosphoric acid groups is 1. The van der Waals surface area contributed by atoms with Gasteiger partial charge in [0.25, 0.3) is 0 Å². The molecule has 0 aliphatic rings. The Labute approximate surface area is 371 Å². The van der Waals surface area contributed by atoms with E-state index in [0.29, 0.717) is 17.4 Å². The minimum Gasteiger partial charge on any atom is -0.387 e. The number of likely N-dealkylation sites (N-methyl/N-ethyl adjacent to an activating group) is 1. The summed E-state index contributed by atoms with van der Waals surface area (Å²) in [5, 5.41) is 13.8. The van der Waals surface area contributed by atoms with Crippen molar-refractivity contribution >= 4 is 13.7 Å². The molecule has 0 fully saturated rings. The molecule has 0 rings (SSSR count). The van der Waals surface area contributed by atoms with Crippen LogP contribution in [0.3, 0.4) is 0 Å². The number of carbonyl (C=O) groups is 1.